The highest BCUT2D eigenvalue weighted by Gasteiger charge is 2.29. The average molecular weight is 284 g/mol. The highest BCUT2D eigenvalue weighted by atomic mass is 16.5. The summed E-state index contributed by atoms with van der Waals surface area (Å²) in [5.41, 5.74) is 0.557. The number of hydrogen-bond donors (Lipinski definition) is 1. The fourth-order valence-corrected chi connectivity index (χ4v) is 3.16. The van der Waals surface area contributed by atoms with Crippen molar-refractivity contribution in [1.82, 2.24) is 10.2 Å². The summed E-state index contributed by atoms with van der Waals surface area (Å²) in [5, 5.41) is 3.70. The molecule has 1 heterocycles. The van der Waals surface area contributed by atoms with E-state index in [1.165, 1.54) is 32.2 Å². The lowest BCUT2D eigenvalue weighted by molar-refractivity contribution is 0.0271. The second-order valence-electron chi connectivity index (χ2n) is 7.92. The summed E-state index contributed by atoms with van der Waals surface area (Å²) in [6.45, 7) is 15.6. The lowest BCUT2D eigenvalue weighted by Crippen LogP contribution is -2.49. The maximum atomic E-state index is 5.48. The van der Waals surface area contributed by atoms with Crippen molar-refractivity contribution in [3.63, 3.8) is 0 Å². The van der Waals surface area contributed by atoms with Gasteiger partial charge in [-0.15, -0.1) is 0 Å². The molecule has 3 heteroatoms. The molecule has 1 unspecified atom stereocenters. The molecule has 0 aromatic carbocycles. The minimum Gasteiger partial charge on any atom is -0.381 e. The molecule has 0 bridgehead atoms. The normalized spacial score (nSPS) is 21.1. The van der Waals surface area contributed by atoms with E-state index in [-0.39, 0.29) is 5.54 Å². The van der Waals surface area contributed by atoms with E-state index in [4.69, 9.17) is 4.74 Å². The lowest BCUT2D eigenvalue weighted by atomic mass is 9.83. The van der Waals surface area contributed by atoms with Crippen LogP contribution in [0.25, 0.3) is 0 Å². The van der Waals surface area contributed by atoms with Crippen molar-refractivity contribution in [3.8, 4) is 0 Å². The van der Waals surface area contributed by atoms with Gasteiger partial charge in [0.25, 0.3) is 0 Å². The fourth-order valence-electron chi connectivity index (χ4n) is 3.16. The minimum atomic E-state index is 0.201. The van der Waals surface area contributed by atoms with Crippen LogP contribution in [-0.4, -0.2) is 49.8 Å². The monoisotopic (exact) mass is 284 g/mol. The average Bonchev–Trinajstić information content (AvgIpc) is 2.37. The Bertz CT molecular complexity index is 269. The zero-order valence-electron chi connectivity index (χ0n) is 14.6. The molecule has 0 spiro atoms. The Morgan fingerprint density at radius 3 is 2.25 bits per heavy atom. The van der Waals surface area contributed by atoms with Gasteiger partial charge in [0.05, 0.1) is 0 Å². The number of nitrogens with one attached hydrogen (secondary N) is 1. The Labute approximate surface area is 126 Å². The third kappa shape index (κ3) is 6.55. The molecule has 0 radical (unpaired) electrons. The van der Waals surface area contributed by atoms with E-state index in [9.17, 15) is 0 Å². The molecule has 3 nitrogen and oxygen atoms in total. The first-order chi connectivity index (χ1) is 9.26. The molecule has 20 heavy (non-hydrogen) atoms. The molecule has 1 aliphatic heterocycles. The van der Waals surface area contributed by atoms with Crippen molar-refractivity contribution < 1.29 is 4.74 Å². The summed E-state index contributed by atoms with van der Waals surface area (Å²) in [7, 11) is 2.29. The van der Waals surface area contributed by atoms with E-state index in [0.29, 0.717) is 11.5 Å². The van der Waals surface area contributed by atoms with Gasteiger partial charge in [0.2, 0.25) is 0 Å². The van der Waals surface area contributed by atoms with Gasteiger partial charge in [-0.05, 0) is 52.5 Å². The quantitative estimate of drug-likeness (QED) is 0.776. The van der Waals surface area contributed by atoms with E-state index in [2.05, 4.69) is 51.9 Å². The maximum Gasteiger partial charge on any atom is 0.0480 e. The molecule has 0 aliphatic carbocycles. The van der Waals surface area contributed by atoms with Crippen LogP contribution in [-0.2, 0) is 4.74 Å². The maximum absolute atomic E-state index is 5.48. The first-order valence-electron chi connectivity index (χ1n) is 8.29. The third-order valence-corrected chi connectivity index (χ3v) is 4.34. The van der Waals surface area contributed by atoms with Gasteiger partial charge in [0.1, 0.15) is 0 Å². The Balaban J connectivity index is 2.54. The van der Waals surface area contributed by atoms with Crippen LogP contribution in [0, 0.1) is 5.41 Å². The molecule has 1 saturated heterocycles. The minimum absolute atomic E-state index is 0.201. The van der Waals surface area contributed by atoms with Crippen molar-refractivity contribution in [2.45, 2.75) is 71.9 Å². The van der Waals surface area contributed by atoms with Crippen LogP contribution in [0.1, 0.15) is 60.3 Å². The van der Waals surface area contributed by atoms with E-state index >= 15 is 0 Å². The van der Waals surface area contributed by atoms with Gasteiger partial charge in [-0.2, -0.15) is 0 Å². The van der Waals surface area contributed by atoms with Gasteiger partial charge in [0.15, 0.2) is 0 Å². The SMILES string of the molecule is CCCC(C)(CNC(C)(C)C)CN(C)C1CCOCC1. The number of hydrogen-bond acceptors (Lipinski definition) is 3. The van der Waals surface area contributed by atoms with Crippen LogP contribution in [0.5, 0.6) is 0 Å². The van der Waals surface area contributed by atoms with Gasteiger partial charge >= 0.3 is 0 Å². The molecule has 1 aliphatic rings. The highest BCUT2D eigenvalue weighted by Crippen LogP contribution is 2.26. The van der Waals surface area contributed by atoms with Gasteiger partial charge < -0.3 is 15.0 Å². The predicted molar refractivity (Wildman–Crippen MR) is 87.2 cm³/mol. The van der Waals surface area contributed by atoms with Crippen molar-refractivity contribution in [3.05, 3.63) is 0 Å². The molecule has 1 atom stereocenters. The Hall–Kier alpha value is -0.120. The van der Waals surface area contributed by atoms with Crippen LogP contribution in [0.15, 0.2) is 0 Å². The molecular formula is C17H36N2O. The lowest BCUT2D eigenvalue weighted by Gasteiger charge is -2.40. The fraction of sp³-hybridized carbons (Fsp3) is 1.00. The number of ether oxygens (including phenoxy) is 1. The standard InChI is InChI=1S/C17H36N2O/c1-7-10-17(5,13-18-16(2,3)4)14-19(6)15-8-11-20-12-9-15/h15,18H,7-14H2,1-6H3. The zero-order chi connectivity index (χ0) is 15.2. The summed E-state index contributed by atoms with van der Waals surface area (Å²) < 4.78 is 5.48. The summed E-state index contributed by atoms with van der Waals surface area (Å²) in [5.74, 6) is 0. The Morgan fingerprint density at radius 2 is 1.75 bits per heavy atom. The zero-order valence-corrected chi connectivity index (χ0v) is 14.6. The molecule has 1 rings (SSSR count). The molecule has 120 valence electrons. The number of rotatable bonds is 7. The largest absolute Gasteiger partial charge is 0.381 e. The van der Waals surface area contributed by atoms with E-state index in [0.717, 1.165) is 19.8 Å². The third-order valence-electron chi connectivity index (χ3n) is 4.34. The van der Waals surface area contributed by atoms with Crippen molar-refractivity contribution >= 4 is 0 Å². The van der Waals surface area contributed by atoms with Crippen LogP contribution in [0.3, 0.4) is 0 Å². The van der Waals surface area contributed by atoms with Gasteiger partial charge in [-0.25, -0.2) is 0 Å². The molecule has 1 fully saturated rings. The van der Waals surface area contributed by atoms with Crippen LogP contribution in [0.2, 0.25) is 0 Å². The summed E-state index contributed by atoms with van der Waals surface area (Å²) >= 11 is 0. The molecular weight excluding hydrogens is 248 g/mol. The Kier molecular flexibility index (Phi) is 6.96. The topological polar surface area (TPSA) is 24.5 Å². The first-order valence-corrected chi connectivity index (χ1v) is 8.29. The molecule has 0 amide bonds. The van der Waals surface area contributed by atoms with Crippen LogP contribution in [0.4, 0.5) is 0 Å². The molecule has 1 N–H and O–H groups in total. The summed E-state index contributed by atoms with van der Waals surface area (Å²) in [6, 6.07) is 0.703. The molecule has 0 aromatic rings. The number of nitrogens with zero attached hydrogens (tertiary/aromatic N) is 1. The van der Waals surface area contributed by atoms with Crippen LogP contribution < -0.4 is 5.32 Å². The second kappa shape index (κ2) is 7.77. The Morgan fingerprint density at radius 1 is 1.15 bits per heavy atom. The van der Waals surface area contributed by atoms with E-state index in [1.807, 2.05) is 0 Å². The van der Waals surface area contributed by atoms with Gasteiger partial charge in [-0.1, -0.05) is 20.3 Å². The molecule has 0 saturated carbocycles. The van der Waals surface area contributed by atoms with Gasteiger partial charge in [-0.3, -0.25) is 0 Å². The summed E-state index contributed by atoms with van der Waals surface area (Å²) in [6.07, 6.45) is 4.91. The van der Waals surface area contributed by atoms with E-state index in [1.54, 1.807) is 0 Å². The summed E-state index contributed by atoms with van der Waals surface area (Å²) in [4.78, 5) is 2.57. The van der Waals surface area contributed by atoms with Crippen molar-refractivity contribution in [2.75, 3.05) is 33.4 Å². The predicted octanol–water partition coefficient (Wildman–Crippen LogP) is 3.29. The van der Waals surface area contributed by atoms with Crippen LogP contribution >= 0.6 is 0 Å². The van der Waals surface area contributed by atoms with E-state index < -0.39 is 0 Å². The van der Waals surface area contributed by atoms with Crippen molar-refractivity contribution in [2.24, 2.45) is 5.41 Å². The smallest absolute Gasteiger partial charge is 0.0480 e. The van der Waals surface area contributed by atoms with Crippen molar-refractivity contribution in [1.29, 1.82) is 0 Å². The van der Waals surface area contributed by atoms with Gasteiger partial charge in [0, 0.05) is 37.9 Å². The highest BCUT2D eigenvalue weighted by molar-refractivity contribution is 4.85. The first kappa shape index (κ1) is 17.9. The second-order valence-corrected chi connectivity index (χ2v) is 7.92. The molecule has 0 aromatic heterocycles.